The van der Waals surface area contributed by atoms with E-state index < -0.39 is 6.16 Å². The Hall–Kier alpha value is -2.97. The Bertz CT molecular complexity index is 999. The predicted molar refractivity (Wildman–Crippen MR) is 123 cm³/mol. The van der Waals surface area contributed by atoms with E-state index in [1.165, 1.54) is 12.1 Å². The van der Waals surface area contributed by atoms with E-state index in [9.17, 15) is 14.4 Å². The fraction of sp³-hybridized carbons (Fsp3) is 0.348. The SMILES string of the molecule is CCOC(=O)Oc1ccc(C(=O)N2CCCN(C(=O)COc3ccc(Cl)cc3Cl)CC2)cc1. The summed E-state index contributed by atoms with van der Waals surface area (Å²) < 4.78 is 15.3. The van der Waals surface area contributed by atoms with Crippen molar-refractivity contribution in [2.24, 2.45) is 0 Å². The van der Waals surface area contributed by atoms with Crippen molar-refractivity contribution >= 4 is 41.2 Å². The van der Waals surface area contributed by atoms with Gasteiger partial charge in [0.25, 0.3) is 11.8 Å². The zero-order valence-corrected chi connectivity index (χ0v) is 19.6. The summed E-state index contributed by atoms with van der Waals surface area (Å²) in [5, 5.41) is 0.818. The molecule has 3 rings (SSSR count). The molecule has 0 aromatic heterocycles. The maximum Gasteiger partial charge on any atom is 0.513 e. The smallest absolute Gasteiger partial charge is 0.482 e. The molecule has 1 saturated heterocycles. The molecule has 10 heteroatoms. The Balaban J connectivity index is 1.52. The number of halogens is 2. The molecule has 0 N–H and O–H groups in total. The van der Waals surface area contributed by atoms with Gasteiger partial charge in [-0.15, -0.1) is 0 Å². The van der Waals surface area contributed by atoms with Crippen LogP contribution in [0.2, 0.25) is 10.0 Å². The first-order valence-corrected chi connectivity index (χ1v) is 11.2. The van der Waals surface area contributed by atoms with Crippen LogP contribution in [0.4, 0.5) is 4.79 Å². The minimum atomic E-state index is -0.795. The molecule has 1 fully saturated rings. The van der Waals surface area contributed by atoms with E-state index in [0.29, 0.717) is 59.7 Å². The maximum atomic E-state index is 12.9. The molecular formula is C23H24Cl2N2O6. The molecule has 2 aromatic rings. The van der Waals surface area contributed by atoms with Crippen LogP contribution in [-0.4, -0.2) is 67.2 Å². The number of amides is 2. The number of ether oxygens (including phenoxy) is 3. The third-order valence-corrected chi connectivity index (χ3v) is 5.48. The standard InChI is InChI=1S/C23H24Cl2N2O6/c1-2-31-23(30)33-18-7-4-16(5-8-18)22(29)27-11-3-10-26(12-13-27)21(28)15-32-20-9-6-17(24)14-19(20)25/h4-9,14H,2-3,10-13,15H2,1H3. The summed E-state index contributed by atoms with van der Waals surface area (Å²) in [5.41, 5.74) is 0.465. The molecule has 0 aliphatic carbocycles. The van der Waals surface area contributed by atoms with E-state index in [2.05, 4.69) is 0 Å². The van der Waals surface area contributed by atoms with Gasteiger partial charge in [-0.1, -0.05) is 23.2 Å². The third kappa shape index (κ3) is 7.00. The fourth-order valence-electron chi connectivity index (χ4n) is 3.28. The fourth-order valence-corrected chi connectivity index (χ4v) is 3.75. The summed E-state index contributed by atoms with van der Waals surface area (Å²) in [7, 11) is 0. The van der Waals surface area contributed by atoms with E-state index in [1.54, 1.807) is 47.1 Å². The summed E-state index contributed by atoms with van der Waals surface area (Å²) in [6.07, 6.45) is -0.153. The second-order valence-electron chi connectivity index (χ2n) is 7.20. The van der Waals surface area contributed by atoms with Gasteiger partial charge in [-0.25, -0.2) is 4.79 Å². The highest BCUT2D eigenvalue weighted by Gasteiger charge is 2.23. The van der Waals surface area contributed by atoms with Crippen LogP contribution in [0.25, 0.3) is 0 Å². The number of benzene rings is 2. The number of hydrogen-bond donors (Lipinski definition) is 0. The van der Waals surface area contributed by atoms with E-state index in [-0.39, 0.29) is 25.0 Å². The first-order valence-electron chi connectivity index (χ1n) is 10.5. The number of rotatable bonds is 6. The van der Waals surface area contributed by atoms with E-state index >= 15 is 0 Å². The van der Waals surface area contributed by atoms with Crippen LogP contribution in [0.1, 0.15) is 23.7 Å². The van der Waals surface area contributed by atoms with E-state index in [0.717, 1.165) is 0 Å². The molecule has 2 aromatic carbocycles. The first kappa shape index (κ1) is 24.7. The third-order valence-electron chi connectivity index (χ3n) is 4.95. The topological polar surface area (TPSA) is 85.4 Å². The minimum Gasteiger partial charge on any atom is -0.482 e. The molecule has 0 bridgehead atoms. The average molecular weight is 495 g/mol. The molecule has 0 radical (unpaired) electrons. The van der Waals surface area contributed by atoms with Crippen LogP contribution < -0.4 is 9.47 Å². The lowest BCUT2D eigenvalue weighted by atomic mass is 10.2. The van der Waals surface area contributed by atoms with Crippen molar-refractivity contribution < 1.29 is 28.6 Å². The van der Waals surface area contributed by atoms with Crippen molar-refractivity contribution in [3.63, 3.8) is 0 Å². The lowest BCUT2D eigenvalue weighted by Gasteiger charge is -2.22. The Labute approximate surface area is 201 Å². The van der Waals surface area contributed by atoms with Gasteiger partial charge in [0.1, 0.15) is 11.5 Å². The summed E-state index contributed by atoms with van der Waals surface area (Å²) in [4.78, 5) is 40.2. The number of carbonyl (C=O) groups excluding carboxylic acids is 3. The molecule has 33 heavy (non-hydrogen) atoms. The van der Waals surface area contributed by atoms with Crippen LogP contribution >= 0.6 is 23.2 Å². The molecule has 1 aliphatic rings. The molecule has 0 spiro atoms. The lowest BCUT2D eigenvalue weighted by molar-refractivity contribution is -0.133. The lowest BCUT2D eigenvalue weighted by Crippen LogP contribution is -2.39. The second kappa shape index (κ2) is 11.8. The Kier molecular flexibility index (Phi) is 8.79. The molecule has 1 aliphatic heterocycles. The zero-order valence-electron chi connectivity index (χ0n) is 18.1. The second-order valence-corrected chi connectivity index (χ2v) is 8.04. The van der Waals surface area contributed by atoms with Crippen molar-refractivity contribution in [1.29, 1.82) is 0 Å². The minimum absolute atomic E-state index is 0.156. The van der Waals surface area contributed by atoms with Crippen LogP contribution in [0.3, 0.4) is 0 Å². The summed E-state index contributed by atoms with van der Waals surface area (Å²) in [5.74, 6) is 0.335. The van der Waals surface area contributed by atoms with Crippen molar-refractivity contribution in [3.05, 3.63) is 58.1 Å². The van der Waals surface area contributed by atoms with Gasteiger partial charge in [0.05, 0.1) is 11.6 Å². The monoisotopic (exact) mass is 494 g/mol. The van der Waals surface area contributed by atoms with Crippen molar-refractivity contribution in [2.45, 2.75) is 13.3 Å². The molecule has 0 unspecified atom stereocenters. The van der Waals surface area contributed by atoms with Crippen molar-refractivity contribution in [3.8, 4) is 11.5 Å². The van der Waals surface area contributed by atoms with E-state index in [1.807, 2.05) is 0 Å². The maximum absolute atomic E-state index is 12.9. The summed E-state index contributed by atoms with van der Waals surface area (Å²) >= 11 is 11.9. The highest BCUT2D eigenvalue weighted by Crippen LogP contribution is 2.27. The number of nitrogens with zero attached hydrogens (tertiary/aromatic N) is 2. The number of carbonyl (C=O) groups is 3. The zero-order chi connectivity index (χ0) is 23.8. The Morgan fingerprint density at radius 2 is 1.64 bits per heavy atom. The largest absolute Gasteiger partial charge is 0.513 e. The highest BCUT2D eigenvalue weighted by atomic mass is 35.5. The Morgan fingerprint density at radius 1 is 0.939 bits per heavy atom. The van der Waals surface area contributed by atoms with Gasteiger partial charge >= 0.3 is 6.16 Å². The van der Waals surface area contributed by atoms with Crippen LogP contribution in [0.15, 0.2) is 42.5 Å². The molecule has 0 saturated carbocycles. The molecule has 8 nitrogen and oxygen atoms in total. The van der Waals surface area contributed by atoms with Gasteiger partial charge < -0.3 is 24.0 Å². The highest BCUT2D eigenvalue weighted by molar-refractivity contribution is 6.35. The summed E-state index contributed by atoms with van der Waals surface area (Å²) in [6, 6.07) is 11.1. The van der Waals surface area contributed by atoms with Crippen molar-refractivity contribution in [1.82, 2.24) is 9.80 Å². The molecule has 1 heterocycles. The van der Waals surface area contributed by atoms with Gasteiger partial charge in [0.2, 0.25) is 0 Å². The average Bonchev–Trinajstić information content (AvgIpc) is 3.05. The molecule has 0 atom stereocenters. The normalized spacial score (nSPS) is 13.8. The molecule has 2 amide bonds. The molecule has 176 valence electrons. The summed E-state index contributed by atoms with van der Waals surface area (Å²) in [6.45, 7) is 3.57. The quantitative estimate of drug-likeness (QED) is 0.439. The van der Waals surface area contributed by atoms with Crippen LogP contribution in [-0.2, 0) is 9.53 Å². The van der Waals surface area contributed by atoms with Gasteiger partial charge in [-0.3, -0.25) is 9.59 Å². The molecular weight excluding hydrogens is 471 g/mol. The van der Waals surface area contributed by atoms with Crippen molar-refractivity contribution in [2.75, 3.05) is 39.4 Å². The van der Waals surface area contributed by atoms with Gasteiger partial charge in [-0.2, -0.15) is 0 Å². The first-order chi connectivity index (χ1) is 15.9. The van der Waals surface area contributed by atoms with Gasteiger partial charge in [0, 0.05) is 36.8 Å². The predicted octanol–water partition coefficient (Wildman–Crippen LogP) is 4.28. The van der Waals surface area contributed by atoms with Gasteiger partial charge in [-0.05, 0) is 55.8 Å². The number of hydrogen-bond acceptors (Lipinski definition) is 6. The van der Waals surface area contributed by atoms with E-state index in [4.69, 9.17) is 37.4 Å². The Morgan fingerprint density at radius 3 is 2.33 bits per heavy atom. The van der Waals surface area contributed by atoms with Crippen LogP contribution in [0, 0.1) is 0 Å². The van der Waals surface area contributed by atoms with Gasteiger partial charge in [0.15, 0.2) is 6.61 Å². The van der Waals surface area contributed by atoms with Crippen LogP contribution in [0.5, 0.6) is 11.5 Å².